The van der Waals surface area contributed by atoms with Crippen LogP contribution in [0, 0.1) is 12.8 Å². The lowest BCUT2D eigenvalue weighted by atomic mass is 9.76. The van der Waals surface area contributed by atoms with Gasteiger partial charge in [0.25, 0.3) is 0 Å². The summed E-state index contributed by atoms with van der Waals surface area (Å²) in [5.74, 6) is 0.939. The maximum Gasteiger partial charge on any atom is 0.308 e. The van der Waals surface area contributed by atoms with E-state index >= 15 is 0 Å². The molecule has 0 radical (unpaired) electrons. The van der Waals surface area contributed by atoms with E-state index in [1.165, 1.54) is 12.5 Å². The van der Waals surface area contributed by atoms with Crippen LogP contribution in [0.25, 0.3) is 0 Å². The normalized spacial score (nSPS) is 26.5. The van der Waals surface area contributed by atoms with Gasteiger partial charge in [0.2, 0.25) is 0 Å². The van der Waals surface area contributed by atoms with Crippen molar-refractivity contribution in [1.82, 2.24) is 0 Å². The topological polar surface area (TPSA) is 26.3 Å². The molecule has 0 N–H and O–H groups in total. The van der Waals surface area contributed by atoms with Crippen LogP contribution in [0.2, 0.25) is 0 Å². The standard InChI is InChI=1S/C17H22O2/c1-11-6-7-15(16(10-11)19-14(4)18)17(5)9-8-12(2)13(17)3/h6-7,10,12H,3,8-9H2,1-2,4-5H3/t12-,17+/m0/s1. The van der Waals surface area contributed by atoms with Gasteiger partial charge in [0, 0.05) is 17.9 Å². The van der Waals surface area contributed by atoms with E-state index < -0.39 is 0 Å². The first-order valence-corrected chi connectivity index (χ1v) is 6.83. The van der Waals surface area contributed by atoms with Crippen LogP contribution in [0.15, 0.2) is 30.4 Å². The third-order valence-electron chi connectivity index (χ3n) is 4.37. The fraction of sp³-hybridized carbons (Fsp3) is 0.471. The molecule has 1 aliphatic rings. The summed E-state index contributed by atoms with van der Waals surface area (Å²) in [4.78, 5) is 11.3. The molecule has 1 fully saturated rings. The van der Waals surface area contributed by atoms with Gasteiger partial charge in [0.1, 0.15) is 5.75 Å². The molecule has 2 nitrogen and oxygen atoms in total. The molecule has 19 heavy (non-hydrogen) atoms. The van der Waals surface area contributed by atoms with Crippen molar-refractivity contribution in [3.63, 3.8) is 0 Å². The number of esters is 1. The Hall–Kier alpha value is -1.57. The van der Waals surface area contributed by atoms with E-state index in [2.05, 4.69) is 32.6 Å². The van der Waals surface area contributed by atoms with Crippen LogP contribution in [0.3, 0.4) is 0 Å². The van der Waals surface area contributed by atoms with Crippen molar-refractivity contribution in [2.45, 2.75) is 46.0 Å². The van der Waals surface area contributed by atoms with Gasteiger partial charge in [-0.15, -0.1) is 0 Å². The van der Waals surface area contributed by atoms with Crippen molar-refractivity contribution in [2.75, 3.05) is 0 Å². The molecule has 0 aromatic heterocycles. The van der Waals surface area contributed by atoms with Crippen molar-refractivity contribution >= 4 is 5.97 Å². The lowest BCUT2D eigenvalue weighted by molar-refractivity contribution is -0.131. The predicted molar refractivity (Wildman–Crippen MR) is 77.4 cm³/mol. The third-order valence-corrected chi connectivity index (χ3v) is 4.37. The summed E-state index contributed by atoms with van der Waals surface area (Å²) in [6.45, 7) is 12.1. The molecule has 1 aromatic carbocycles. The Morgan fingerprint density at radius 3 is 2.68 bits per heavy atom. The third kappa shape index (κ3) is 2.44. The van der Waals surface area contributed by atoms with E-state index in [4.69, 9.17) is 4.74 Å². The molecular formula is C17H22O2. The van der Waals surface area contributed by atoms with Gasteiger partial charge in [-0.2, -0.15) is 0 Å². The molecule has 0 saturated heterocycles. The molecule has 1 aliphatic carbocycles. The lowest BCUT2D eigenvalue weighted by Crippen LogP contribution is -2.22. The van der Waals surface area contributed by atoms with Crippen molar-refractivity contribution in [1.29, 1.82) is 0 Å². The summed E-state index contributed by atoms with van der Waals surface area (Å²) in [5.41, 5.74) is 3.34. The highest BCUT2D eigenvalue weighted by molar-refractivity contribution is 5.70. The van der Waals surface area contributed by atoms with E-state index in [0.717, 1.165) is 24.0 Å². The smallest absolute Gasteiger partial charge is 0.308 e. The average molecular weight is 258 g/mol. The molecule has 0 bridgehead atoms. The summed E-state index contributed by atoms with van der Waals surface area (Å²) in [7, 11) is 0. The quantitative estimate of drug-likeness (QED) is 0.452. The number of rotatable bonds is 2. The Balaban J connectivity index is 2.50. The Labute approximate surface area is 115 Å². The summed E-state index contributed by atoms with van der Waals surface area (Å²) in [6.07, 6.45) is 2.20. The van der Waals surface area contributed by atoms with Crippen LogP contribution >= 0.6 is 0 Å². The summed E-state index contributed by atoms with van der Waals surface area (Å²) < 4.78 is 5.41. The SMILES string of the molecule is C=C1[C@@H](C)CC[C@@]1(C)c1ccc(C)cc1OC(C)=O. The highest BCUT2D eigenvalue weighted by Gasteiger charge is 2.40. The van der Waals surface area contributed by atoms with E-state index in [9.17, 15) is 4.79 Å². The number of hydrogen-bond acceptors (Lipinski definition) is 2. The molecule has 102 valence electrons. The van der Waals surface area contributed by atoms with Gasteiger partial charge in [-0.1, -0.05) is 38.1 Å². The van der Waals surface area contributed by atoms with Crippen molar-refractivity contribution in [2.24, 2.45) is 5.92 Å². The second-order valence-electron chi connectivity index (χ2n) is 5.89. The fourth-order valence-electron chi connectivity index (χ4n) is 3.02. The Kier molecular flexibility index (Phi) is 3.53. The molecule has 0 unspecified atom stereocenters. The predicted octanol–water partition coefficient (Wildman–Crippen LogP) is 4.16. The average Bonchev–Trinajstić information content (AvgIpc) is 2.57. The number of carbonyl (C=O) groups is 1. The molecule has 0 aliphatic heterocycles. The van der Waals surface area contributed by atoms with Crippen LogP contribution in [0.1, 0.15) is 44.7 Å². The molecule has 2 heteroatoms. The van der Waals surface area contributed by atoms with Gasteiger partial charge in [0.05, 0.1) is 0 Å². The highest BCUT2D eigenvalue weighted by atomic mass is 16.5. The van der Waals surface area contributed by atoms with E-state index in [1.54, 1.807) is 0 Å². The first-order valence-electron chi connectivity index (χ1n) is 6.83. The number of ether oxygens (including phenoxy) is 1. The van der Waals surface area contributed by atoms with Crippen LogP contribution in [-0.2, 0) is 10.2 Å². The Morgan fingerprint density at radius 1 is 1.47 bits per heavy atom. The Bertz CT molecular complexity index is 530. The Morgan fingerprint density at radius 2 is 2.16 bits per heavy atom. The molecule has 0 amide bonds. The second kappa shape index (κ2) is 4.84. The summed E-state index contributed by atoms with van der Waals surface area (Å²) >= 11 is 0. The van der Waals surface area contributed by atoms with Crippen molar-refractivity contribution in [3.05, 3.63) is 41.5 Å². The van der Waals surface area contributed by atoms with Crippen molar-refractivity contribution in [3.8, 4) is 5.75 Å². The van der Waals surface area contributed by atoms with Crippen LogP contribution in [-0.4, -0.2) is 5.97 Å². The molecule has 0 heterocycles. The van der Waals surface area contributed by atoms with Gasteiger partial charge in [-0.25, -0.2) is 0 Å². The largest absolute Gasteiger partial charge is 0.426 e. The number of hydrogen-bond donors (Lipinski definition) is 0. The molecule has 1 saturated carbocycles. The highest BCUT2D eigenvalue weighted by Crippen LogP contribution is 2.49. The summed E-state index contributed by atoms with van der Waals surface area (Å²) in [6, 6.07) is 6.10. The van der Waals surface area contributed by atoms with Crippen LogP contribution in [0.4, 0.5) is 0 Å². The van der Waals surface area contributed by atoms with Crippen LogP contribution < -0.4 is 4.74 Å². The molecule has 2 atom stereocenters. The fourth-order valence-corrected chi connectivity index (χ4v) is 3.02. The molecular weight excluding hydrogens is 236 g/mol. The number of aryl methyl sites for hydroxylation is 1. The molecule has 2 rings (SSSR count). The zero-order valence-corrected chi connectivity index (χ0v) is 12.2. The monoisotopic (exact) mass is 258 g/mol. The maximum atomic E-state index is 11.3. The minimum absolute atomic E-state index is 0.0854. The van der Waals surface area contributed by atoms with Crippen molar-refractivity contribution < 1.29 is 9.53 Å². The molecule has 1 aromatic rings. The number of benzene rings is 1. The van der Waals surface area contributed by atoms with E-state index in [-0.39, 0.29) is 11.4 Å². The summed E-state index contributed by atoms with van der Waals surface area (Å²) in [5, 5.41) is 0. The number of carbonyl (C=O) groups excluding carboxylic acids is 1. The first kappa shape index (κ1) is 13.9. The van der Waals surface area contributed by atoms with E-state index in [0.29, 0.717) is 11.7 Å². The zero-order valence-electron chi connectivity index (χ0n) is 12.2. The van der Waals surface area contributed by atoms with Gasteiger partial charge in [-0.05, 0) is 37.3 Å². The minimum atomic E-state index is -0.271. The van der Waals surface area contributed by atoms with Gasteiger partial charge in [0.15, 0.2) is 0 Å². The zero-order chi connectivity index (χ0) is 14.2. The van der Waals surface area contributed by atoms with Crippen LogP contribution in [0.5, 0.6) is 5.75 Å². The van der Waals surface area contributed by atoms with E-state index in [1.807, 2.05) is 13.0 Å². The van der Waals surface area contributed by atoms with Gasteiger partial charge < -0.3 is 4.74 Å². The van der Waals surface area contributed by atoms with Gasteiger partial charge in [-0.3, -0.25) is 4.79 Å². The first-order chi connectivity index (χ1) is 8.84. The number of allylic oxidation sites excluding steroid dienone is 1. The molecule has 0 spiro atoms. The van der Waals surface area contributed by atoms with Gasteiger partial charge >= 0.3 is 5.97 Å². The minimum Gasteiger partial charge on any atom is -0.426 e. The lowest BCUT2D eigenvalue weighted by Gasteiger charge is -2.29. The maximum absolute atomic E-state index is 11.3. The second-order valence-corrected chi connectivity index (χ2v) is 5.89.